The number of aryl methyl sites for hydroxylation is 2. The fraction of sp³-hybridized carbons (Fsp3) is 0.407. The van der Waals surface area contributed by atoms with Gasteiger partial charge in [-0.1, -0.05) is 17.7 Å². The molecule has 204 valence electrons. The standard InChI is InChI=1S/C27H32ClN9O2/c1-16-11-22(33-23-12-17(2)35-36-23)34-25(31-16)19-7-9-27(39-4,10-8-19)26(38)32-18(3)20-5-6-24(29-13-20)37-15-21(28)14-30-37/h5-6,11-15,18-19H,7-10H2,1-4H3,(H,32,38)(H2,31,33,34,35,36)/t18-,19?,27?/m0/s1. The summed E-state index contributed by atoms with van der Waals surface area (Å²) in [4.78, 5) is 27.4. The molecule has 4 aromatic heterocycles. The van der Waals surface area contributed by atoms with Crippen LogP contribution in [0.2, 0.25) is 5.02 Å². The summed E-state index contributed by atoms with van der Waals surface area (Å²) in [6, 6.07) is 7.34. The third-order valence-corrected chi connectivity index (χ3v) is 7.40. The van der Waals surface area contributed by atoms with Crippen molar-refractivity contribution in [2.24, 2.45) is 0 Å². The molecule has 0 saturated heterocycles. The molecule has 1 amide bonds. The smallest absolute Gasteiger partial charge is 0.252 e. The van der Waals surface area contributed by atoms with Crippen LogP contribution in [0.15, 0.2) is 42.9 Å². The summed E-state index contributed by atoms with van der Waals surface area (Å²) in [6.45, 7) is 5.83. The number of methoxy groups -OCH3 is 1. The van der Waals surface area contributed by atoms with Crippen molar-refractivity contribution in [2.45, 2.75) is 64.0 Å². The van der Waals surface area contributed by atoms with Gasteiger partial charge in [0, 0.05) is 42.7 Å². The highest BCUT2D eigenvalue weighted by Gasteiger charge is 2.43. The number of aromatic nitrogens is 7. The van der Waals surface area contributed by atoms with Gasteiger partial charge in [-0.3, -0.25) is 9.89 Å². The molecule has 12 heteroatoms. The van der Waals surface area contributed by atoms with E-state index < -0.39 is 5.60 Å². The first-order valence-corrected chi connectivity index (χ1v) is 13.3. The first-order chi connectivity index (χ1) is 18.7. The van der Waals surface area contributed by atoms with Gasteiger partial charge in [0.15, 0.2) is 11.6 Å². The Labute approximate surface area is 231 Å². The number of carbonyl (C=O) groups is 1. The predicted octanol–water partition coefficient (Wildman–Crippen LogP) is 4.71. The topological polar surface area (TPSA) is 136 Å². The molecular formula is C27H32ClN9O2. The minimum Gasteiger partial charge on any atom is -0.368 e. The molecule has 1 saturated carbocycles. The number of anilines is 2. The molecule has 11 nitrogen and oxygen atoms in total. The van der Waals surface area contributed by atoms with E-state index in [9.17, 15) is 4.79 Å². The van der Waals surface area contributed by atoms with Crippen molar-refractivity contribution >= 4 is 29.1 Å². The summed E-state index contributed by atoms with van der Waals surface area (Å²) in [5.74, 6) is 2.84. The van der Waals surface area contributed by atoms with Crippen LogP contribution in [-0.4, -0.2) is 53.5 Å². The molecule has 39 heavy (non-hydrogen) atoms. The molecule has 1 fully saturated rings. The number of ether oxygens (including phenoxy) is 1. The number of nitrogens with one attached hydrogen (secondary N) is 3. The number of rotatable bonds is 8. The van der Waals surface area contributed by atoms with Gasteiger partial charge in [0.2, 0.25) is 0 Å². The SMILES string of the molecule is COC1(C(=O)N[C@@H](C)c2ccc(-n3cc(Cl)cn3)nc2)CCC(c2nc(C)cc(Nc3cc(C)[nH]n3)n2)CC1. The monoisotopic (exact) mass is 549 g/mol. The van der Waals surface area contributed by atoms with Crippen LogP contribution in [0.25, 0.3) is 5.82 Å². The first-order valence-electron chi connectivity index (χ1n) is 12.9. The molecule has 1 aliphatic carbocycles. The normalized spacial score (nSPS) is 20.0. The van der Waals surface area contributed by atoms with Gasteiger partial charge in [-0.25, -0.2) is 19.6 Å². The second-order valence-electron chi connectivity index (χ2n) is 10.0. The maximum Gasteiger partial charge on any atom is 0.252 e. The van der Waals surface area contributed by atoms with E-state index in [0.717, 1.165) is 35.6 Å². The summed E-state index contributed by atoms with van der Waals surface area (Å²) < 4.78 is 7.45. The lowest BCUT2D eigenvalue weighted by Gasteiger charge is -2.38. The molecule has 0 bridgehead atoms. The minimum absolute atomic E-state index is 0.125. The van der Waals surface area contributed by atoms with E-state index in [4.69, 9.17) is 26.3 Å². The molecule has 4 aromatic rings. The molecule has 1 aliphatic rings. The molecule has 3 N–H and O–H groups in total. The number of aromatic amines is 1. The van der Waals surface area contributed by atoms with Crippen LogP contribution in [0, 0.1) is 13.8 Å². The van der Waals surface area contributed by atoms with E-state index >= 15 is 0 Å². The minimum atomic E-state index is -0.901. The Morgan fingerprint density at radius 2 is 1.97 bits per heavy atom. The van der Waals surface area contributed by atoms with Gasteiger partial charge in [-0.2, -0.15) is 10.2 Å². The predicted molar refractivity (Wildman–Crippen MR) is 147 cm³/mol. The second kappa shape index (κ2) is 11.1. The maximum absolute atomic E-state index is 13.4. The Morgan fingerprint density at radius 1 is 1.18 bits per heavy atom. The van der Waals surface area contributed by atoms with Crippen molar-refractivity contribution in [3.05, 3.63) is 70.7 Å². The van der Waals surface area contributed by atoms with Gasteiger partial charge in [-0.05, 0) is 58.1 Å². The van der Waals surface area contributed by atoms with Crippen molar-refractivity contribution < 1.29 is 9.53 Å². The van der Waals surface area contributed by atoms with Crippen molar-refractivity contribution in [3.8, 4) is 5.82 Å². The van der Waals surface area contributed by atoms with Gasteiger partial charge < -0.3 is 15.4 Å². The number of carbonyl (C=O) groups excluding carboxylic acids is 1. The number of hydrogen-bond acceptors (Lipinski definition) is 8. The molecule has 0 unspecified atom stereocenters. The fourth-order valence-electron chi connectivity index (χ4n) is 4.94. The number of nitrogens with zero attached hydrogens (tertiary/aromatic N) is 6. The molecule has 0 aromatic carbocycles. The van der Waals surface area contributed by atoms with Gasteiger partial charge >= 0.3 is 0 Å². The van der Waals surface area contributed by atoms with E-state index in [1.54, 1.807) is 30.4 Å². The molecular weight excluding hydrogens is 518 g/mol. The van der Waals surface area contributed by atoms with E-state index in [-0.39, 0.29) is 17.9 Å². The molecule has 5 rings (SSSR count). The van der Waals surface area contributed by atoms with Gasteiger partial charge in [0.25, 0.3) is 5.91 Å². The Kier molecular flexibility index (Phi) is 7.62. The highest BCUT2D eigenvalue weighted by atomic mass is 35.5. The average molecular weight is 550 g/mol. The molecule has 0 radical (unpaired) electrons. The van der Waals surface area contributed by atoms with Crippen LogP contribution in [-0.2, 0) is 9.53 Å². The van der Waals surface area contributed by atoms with Crippen molar-refractivity contribution in [3.63, 3.8) is 0 Å². The quantitative estimate of drug-likeness (QED) is 0.287. The van der Waals surface area contributed by atoms with Crippen LogP contribution < -0.4 is 10.6 Å². The Morgan fingerprint density at radius 3 is 2.59 bits per heavy atom. The van der Waals surface area contributed by atoms with Crippen molar-refractivity contribution in [1.29, 1.82) is 0 Å². The molecule has 4 heterocycles. The van der Waals surface area contributed by atoms with Gasteiger partial charge in [0.1, 0.15) is 17.2 Å². The number of pyridine rings is 1. The van der Waals surface area contributed by atoms with Crippen LogP contribution in [0.3, 0.4) is 0 Å². The Hall–Kier alpha value is -3.83. The molecule has 0 spiro atoms. The fourth-order valence-corrected chi connectivity index (χ4v) is 5.08. The average Bonchev–Trinajstić information content (AvgIpc) is 3.55. The lowest BCUT2D eigenvalue weighted by atomic mass is 9.77. The zero-order chi connectivity index (χ0) is 27.6. The van der Waals surface area contributed by atoms with Crippen molar-refractivity contribution in [2.75, 3.05) is 12.4 Å². The van der Waals surface area contributed by atoms with Gasteiger partial charge in [0.05, 0.1) is 23.5 Å². The van der Waals surface area contributed by atoms with Crippen LogP contribution in [0.1, 0.15) is 67.3 Å². The van der Waals surface area contributed by atoms with Crippen LogP contribution in [0.5, 0.6) is 0 Å². The number of halogens is 1. The second-order valence-corrected chi connectivity index (χ2v) is 10.5. The number of H-pyrrole nitrogens is 1. The number of amides is 1. The largest absolute Gasteiger partial charge is 0.368 e. The third-order valence-electron chi connectivity index (χ3n) is 7.20. The number of hydrogen-bond donors (Lipinski definition) is 3. The van der Waals surface area contributed by atoms with Gasteiger partial charge in [-0.15, -0.1) is 0 Å². The zero-order valence-corrected chi connectivity index (χ0v) is 23.2. The maximum atomic E-state index is 13.4. The van der Waals surface area contributed by atoms with Crippen LogP contribution in [0.4, 0.5) is 11.6 Å². The lowest BCUT2D eigenvalue weighted by Crippen LogP contribution is -2.50. The zero-order valence-electron chi connectivity index (χ0n) is 22.4. The summed E-state index contributed by atoms with van der Waals surface area (Å²) in [6.07, 6.45) is 7.60. The van der Waals surface area contributed by atoms with E-state index in [0.29, 0.717) is 35.3 Å². The van der Waals surface area contributed by atoms with Crippen LogP contribution >= 0.6 is 11.6 Å². The van der Waals surface area contributed by atoms with E-state index in [1.165, 1.54) is 0 Å². The molecule has 1 atom stereocenters. The Balaban J connectivity index is 1.22. The summed E-state index contributed by atoms with van der Waals surface area (Å²) in [5.41, 5.74) is 1.82. The highest BCUT2D eigenvalue weighted by Crippen LogP contribution is 2.39. The summed E-state index contributed by atoms with van der Waals surface area (Å²) in [5, 5.41) is 18.2. The lowest BCUT2D eigenvalue weighted by molar-refractivity contribution is -0.148. The molecule has 0 aliphatic heterocycles. The highest BCUT2D eigenvalue weighted by molar-refractivity contribution is 6.30. The Bertz CT molecular complexity index is 1440. The van der Waals surface area contributed by atoms with Crippen molar-refractivity contribution in [1.82, 2.24) is 40.2 Å². The summed E-state index contributed by atoms with van der Waals surface area (Å²) in [7, 11) is 1.60. The summed E-state index contributed by atoms with van der Waals surface area (Å²) >= 11 is 5.95. The first kappa shape index (κ1) is 26.8. The van der Waals surface area contributed by atoms with E-state index in [1.807, 2.05) is 45.0 Å². The third kappa shape index (κ3) is 5.94. The van der Waals surface area contributed by atoms with E-state index in [2.05, 4.69) is 30.9 Å².